The smallest absolute Gasteiger partial charge is 0.171 e. The van der Waals surface area contributed by atoms with Crippen molar-refractivity contribution in [1.29, 1.82) is 0 Å². The van der Waals surface area contributed by atoms with Crippen molar-refractivity contribution in [3.05, 3.63) is 58.4 Å². The average molecular weight is 289 g/mol. The Morgan fingerprint density at radius 1 is 1.14 bits per heavy atom. The Morgan fingerprint density at radius 2 is 1.81 bits per heavy atom. The number of hydrogen-bond acceptors (Lipinski definition) is 3. The minimum atomic E-state index is -0.381. The lowest BCUT2D eigenvalue weighted by Crippen LogP contribution is -2.04. The lowest BCUT2D eigenvalue weighted by Gasteiger charge is -2.14. The van der Waals surface area contributed by atoms with Crippen LogP contribution in [0.5, 0.6) is 11.5 Å². The van der Waals surface area contributed by atoms with Gasteiger partial charge in [-0.3, -0.25) is 0 Å². The molecule has 0 aliphatic rings. The highest BCUT2D eigenvalue weighted by molar-refractivity contribution is 5.43. The van der Waals surface area contributed by atoms with E-state index in [-0.39, 0.29) is 18.2 Å². The van der Waals surface area contributed by atoms with E-state index in [0.717, 1.165) is 22.4 Å². The predicted octanol–water partition coefficient (Wildman–Crippen LogP) is 3.49. The van der Waals surface area contributed by atoms with Gasteiger partial charge in [0.05, 0.1) is 7.11 Å². The molecule has 2 aromatic rings. The average Bonchev–Trinajstić information content (AvgIpc) is 2.47. The molecule has 21 heavy (non-hydrogen) atoms. The van der Waals surface area contributed by atoms with Crippen LogP contribution in [0.1, 0.15) is 22.3 Å². The van der Waals surface area contributed by atoms with Crippen LogP contribution in [0.3, 0.4) is 0 Å². The molecule has 112 valence electrons. The summed E-state index contributed by atoms with van der Waals surface area (Å²) >= 11 is 0. The quantitative estimate of drug-likeness (QED) is 0.916. The number of aryl methyl sites for hydroxylation is 2. The van der Waals surface area contributed by atoms with Crippen molar-refractivity contribution >= 4 is 0 Å². The molecule has 0 aliphatic carbocycles. The predicted molar refractivity (Wildman–Crippen MR) is 81.1 cm³/mol. The van der Waals surface area contributed by atoms with Crippen LogP contribution in [0.15, 0.2) is 30.3 Å². The van der Waals surface area contributed by atoms with Crippen LogP contribution in [0.4, 0.5) is 4.39 Å². The van der Waals surface area contributed by atoms with Gasteiger partial charge in [0.2, 0.25) is 0 Å². The van der Waals surface area contributed by atoms with Crippen molar-refractivity contribution in [2.45, 2.75) is 27.0 Å². The van der Waals surface area contributed by atoms with Crippen LogP contribution >= 0.6 is 0 Å². The maximum Gasteiger partial charge on any atom is 0.171 e. The molecule has 0 aromatic heterocycles. The summed E-state index contributed by atoms with van der Waals surface area (Å²) in [5.74, 6) is 0.617. The number of methoxy groups -OCH3 is 1. The number of halogens is 1. The highest BCUT2D eigenvalue weighted by atomic mass is 19.1. The van der Waals surface area contributed by atoms with Crippen LogP contribution in [-0.4, -0.2) is 7.11 Å². The van der Waals surface area contributed by atoms with E-state index in [2.05, 4.69) is 0 Å². The fourth-order valence-electron chi connectivity index (χ4n) is 2.36. The van der Waals surface area contributed by atoms with E-state index in [1.807, 2.05) is 26.0 Å². The van der Waals surface area contributed by atoms with E-state index in [1.54, 1.807) is 18.2 Å². The Hall–Kier alpha value is -2.07. The number of nitrogens with two attached hydrogens (primary N) is 1. The summed E-state index contributed by atoms with van der Waals surface area (Å²) in [5, 5.41) is 0. The first-order chi connectivity index (χ1) is 10.1. The number of benzene rings is 2. The summed E-state index contributed by atoms with van der Waals surface area (Å²) in [7, 11) is 1.45. The van der Waals surface area contributed by atoms with Crippen molar-refractivity contribution in [3.8, 4) is 11.5 Å². The summed E-state index contributed by atoms with van der Waals surface area (Å²) in [5.41, 5.74) is 9.18. The first-order valence-electron chi connectivity index (χ1n) is 6.81. The molecule has 0 aliphatic heterocycles. The number of hydrogen-bond donors (Lipinski definition) is 1. The topological polar surface area (TPSA) is 44.5 Å². The van der Waals surface area contributed by atoms with Crippen LogP contribution in [-0.2, 0) is 13.2 Å². The lowest BCUT2D eigenvalue weighted by atomic mass is 10.1. The van der Waals surface area contributed by atoms with E-state index in [1.165, 1.54) is 7.11 Å². The Balaban J connectivity index is 2.21. The third-order valence-electron chi connectivity index (χ3n) is 3.39. The van der Waals surface area contributed by atoms with Crippen LogP contribution in [0.25, 0.3) is 0 Å². The molecular weight excluding hydrogens is 269 g/mol. The second-order valence-electron chi connectivity index (χ2n) is 4.98. The van der Waals surface area contributed by atoms with Gasteiger partial charge >= 0.3 is 0 Å². The molecule has 0 atom stereocenters. The molecule has 0 heterocycles. The van der Waals surface area contributed by atoms with E-state index < -0.39 is 0 Å². The van der Waals surface area contributed by atoms with E-state index >= 15 is 0 Å². The largest absolute Gasteiger partial charge is 0.494 e. The van der Waals surface area contributed by atoms with Crippen molar-refractivity contribution in [3.63, 3.8) is 0 Å². The summed E-state index contributed by atoms with van der Waals surface area (Å²) in [6.07, 6.45) is 0. The first kappa shape index (κ1) is 15.3. The molecule has 3 nitrogen and oxygen atoms in total. The monoisotopic (exact) mass is 289 g/mol. The first-order valence-corrected chi connectivity index (χ1v) is 6.81. The van der Waals surface area contributed by atoms with Crippen LogP contribution in [0.2, 0.25) is 0 Å². The fraction of sp³-hybridized carbons (Fsp3) is 0.294. The van der Waals surface area contributed by atoms with Gasteiger partial charge in [-0.1, -0.05) is 24.3 Å². The molecule has 2 N–H and O–H groups in total. The highest BCUT2D eigenvalue weighted by Gasteiger charge is 2.11. The van der Waals surface area contributed by atoms with Gasteiger partial charge in [0.1, 0.15) is 12.4 Å². The SMILES string of the molecule is COc1cccc(COc2c(C)cc(CN)cc2C)c1F. The molecule has 4 heteroatoms. The fourth-order valence-corrected chi connectivity index (χ4v) is 2.36. The normalized spacial score (nSPS) is 10.5. The van der Waals surface area contributed by atoms with Crippen LogP contribution in [0, 0.1) is 19.7 Å². The van der Waals surface area contributed by atoms with Crippen molar-refractivity contribution in [1.82, 2.24) is 0 Å². The summed E-state index contributed by atoms with van der Waals surface area (Å²) in [6, 6.07) is 9.01. The lowest BCUT2D eigenvalue weighted by molar-refractivity contribution is 0.292. The molecule has 0 amide bonds. The van der Waals surface area contributed by atoms with E-state index in [4.69, 9.17) is 15.2 Å². The molecule has 0 bridgehead atoms. The maximum atomic E-state index is 14.1. The number of rotatable bonds is 5. The second-order valence-corrected chi connectivity index (χ2v) is 4.98. The third-order valence-corrected chi connectivity index (χ3v) is 3.39. The Bertz CT molecular complexity index is 618. The van der Waals surface area contributed by atoms with Crippen molar-refractivity contribution < 1.29 is 13.9 Å². The molecule has 0 radical (unpaired) electrons. The van der Waals surface area contributed by atoms with E-state index in [9.17, 15) is 4.39 Å². The standard InChI is InChI=1S/C17H20FNO2/c1-11-7-13(9-19)8-12(2)17(11)21-10-14-5-4-6-15(20-3)16(14)18/h4-8H,9-10,19H2,1-3H3. The minimum absolute atomic E-state index is 0.159. The Morgan fingerprint density at radius 3 is 2.38 bits per heavy atom. The zero-order chi connectivity index (χ0) is 15.4. The molecule has 2 aromatic carbocycles. The second kappa shape index (κ2) is 6.59. The van der Waals surface area contributed by atoms with Gasteiger partial charge < -0.3 is 15.2 Å². The molecule has 0 saturated carbocycles. The molecule has 0 unspecified atom stereocenters. The molecular formula is C17H20FNO2. The highest BCUT2D eigenvalue weighted by Crippen LogP contribution is 2.27. The van der Waals surface area contributed by atoms with Gasteiger partial charge in [0.25, 0.3) is 0 Å². The summed E-state index contributed by atoms with van der Waals surface area (Å²) in [6.45, 7) is 4.58. The van der Waals surface area contributed by atoms with Gasteiger partial charge in [-0.25, -0.2) is 4.39 Å². The zero-order valence-electron chi connectivity index (χ0n) is 12.6. The third kappa shape index (κ3) is 3.34. The Labute approximate surface area is 124 Å². The van der Waals surface area contributed by atoms with Crippen molar-refractivity contribution in [2.24, 2.45) is 5.73 Å². The maximum absolute atomic E-state index is 14.1. The summed E-state index contributed by atoms with van der Waals surface area (Å²) < 4.78 is 24.8. The van der Waals surface area contributed by atoms with Crippen molar-refractivity contribution in [2.75, 3.05) is 7.11 Å². The molecule has 0 saturated heterocycles. The molecule has 0 spiro atoms. The Kier molecular flexibility index (Phi) is 4.81. The molecule has 0 fully saturated rings. The summed E-state index contributed by atoms with van der Waals surface area (Å²) in [4.78, 5) is 0. The zero-order valence-corrected chi connectivity index (χ0v) is 12.6. The van der Waals surface area contributed by atoms with Gasteiger partial charge in [-0.05, 0) is 36.6 Å². The van der Waals surface area contributed by atoms with Gasteiger partial charge in [-0.15, -0.1) is 0 Å². The van der Waals surface area contributed by atoms with E-state index in [0.29, 0.717) is 12.1 Å². The molecule has 2 rings (SSSR count). The van der Waals surface area contributed by atoms with Gasteiger partial charge in [0, 0.05) is 12.1 Å². The van der Waals surface area contributed by atoms with Gasteiger partial charge in [0.15, 0.2) is 11.6 Å². The minimum Gasteiger partial charge on any atom is -0.494 e. The van der Waals surface area contributed by atoms with Gasteiger partial charge in [-0.2, -0.15) is 0 Å². The number of ether oxygens (including phenoxy) is 2. The van der Waals surface area contributed by atoms with Crippen LogP contribution < -0.4 is 15.2 Å².